The number of rotatable bonds is 8. The summed E-state index contributed by atoms with van der Waals surface area (Å²) in [5.41, 5.74) is 0.372. The van der Waals surface area contributed by atoms with E-state index in [-0.39, 0.29) is 12.1 Å². The fourth-order valence-corrected chi connectivity index (χ4v) is 4.91. The van der Waals surface area contributed by atoms with Crippen LogP contribution >= 0.6 is 0 Å². The third-order valence-corrected chi connectivity index (χ3v) is 7.05. The summed E-state index contributed by atoms with van der Waals surface area (Å²) in [5, 5.41) is 13.7. The largest absolute Gasteiger partial charge is 0.325 e. The molecule has 3 amide bonds. The summed E-state index contributed by atoms with van der Waals surface area (Å²) in [7, 11) is -3.46. The molecule has 35 heavy (non-hydrogen) atoms. The van der Waals surface area contributed by atoms with E-state index in [0.717, 1.165) is 11.2 Å². The van der Waals surface area contributed by atoms with Gasteiger partial charge in [0.25, 0.3) is 5.91 Å². The van der Waals surface area contributed by atoms with Crippen molar-refractivity contribution >= 4 is 33.4 Å². The van der Waals surface area contributed by atoms with E-state index in [4.69, 9.17) is 0 Å². The number of anilines is 1. The molecule has 1 fully saturated rings. The van der Waals surface area contributed by atoms with Gasteiger partial charge in [-0.25, -0.2) is 17.9 Å². The number of aromatic nitrogens is 4. The molecule has 0 aliphatic carbocycles. The van der Waals surface area contributed by atoms with Gasteiger partial charge in [-0.3, -0.25) is 18.8 Å². The maximum absolute atomic E-state index is 13.3. The molecule has 4 rings (SSSR count). The molecule has 1 saturated heterocycles. The Morgan fingerprint density at radius 1 is 1.14 bits per heavy atom. The molecule has 0 spiro atoms. The lowest BCUT2D eigenvalue weighted by atomic mass is 9.91. The summed E-state index contributed by atoms with van der Waals surface area (Å²) in [6.45, 7) is 3.04. The van der Waals surface area contributed by atoms with Gasteiger partial charge in [-0.2, -0.15) is 0 Å². The lowest BCUT2D eigenvalue weighted by Crippen LogP contribution is -2.41. The van der Waals surface area contributed by atoms with E-state index in [1.807, 2.05) is 0 Å². The van der Waals surface area contributed by atoms with Crippen LogP contribution in [0.1, 0.15) is 29.8 Å². The lowest BCUT2D eigenvalue weighted by Gasteiger charge is -2.23. The van der Waals surface area contributed by atoms with Gasteiger partial charge in [0.05, 0.1) is 24.2 Å². The van der Waals surface area contributed by atoms with E-state index < -0.39 is 39.8 Å². The van der Waals surface area contributed by atoms with Crippen molar-refractivity contribution in [2.75, 3.05) is 23.7 Å². The van der Waals surface area contributed by atoms with Crippen molar-refractivity contribution < 1.29 is 22.8 Å². The highest BCUT2D eigenvalue weighted by Crippen LogP contribution is 2.30. The van der Waals surface area contributed by atoms with Gasteiger partial charge in [0.15, 0.2) is 5.78 Å². The second kappa shape index (κ2) is 8.91. The molecule has 1 N–H and O–H groups in total. The molecule has 1 atom stereocenters. The number of hydrogen-bond acceptors (Lipinski definition) is 8. The Kier molecular flexibility index (Phi) is 6.11. The van der Waals surface area contributed by atoms with Crippen LogP contribution in [0.3, 0.4) is 0 Å². The summed E-state index contributed by atoms with van der Waals surface area (Å²) < 4.78 is 26.4. The maximum atomic E-state index is 13.3. The van der Waals surface area contributed by atoms with Crippen LogP contribution in [0.2, 0.25) is 0 Å². The topological polar surface area (TPSA) is 147 Å². The third kappa shape index (κ3) is 4.49. The van der Waals surface area contributed by atoms with Gasteiger partial charge in [-0.15, -0.1) is 5.10 Å². The Balaban J connectivity index is 1.53. The monoisotopic (exact) mass is 497 g/mol. The van der Waals surface area contributed by atoms with Gasteiger partial charge < -0.3 is 5.32 Å². The number of benzene rings is 2. The van der Waals surface area contributed by atoms with Gasteiger partial charge >= 0.3 is 6.03 Å². The van der Waals surface area contributed by atoms with E-state index >= 15 is 0 Å². The lowest BCUT2D eigenvalue weighted by molar-refractivity contribution is -0.130. The first-order valence-corrected chi connectivity index (χ1v) is 12.5. The first-order valence-electron chi connectivity index (χ1n) is 10.6. The average molecular weight is 498 g/mol. The van der Waals surface area contributed by atoms with Crippen molar-refractivity contribution in [2.45, 2.75) is 19.4 Å². The number of hydrogen-bond donors (Lipinski definition) is 1. The van der Waals surface area contributed by atoms with Gasteiger partial charge in [0.1, 0.15) is 11.9 Å². The molecule has 0 bridgehead atoms. The maximum Gasteiger partial charge on any atom is 0.325 e. The fourth-order valence-electron chi connectivity index (χ4n) is 3.93. The van der Waals surface area contributed by atoms with Crippen molar-refractivity contribution in [3.05, 3.63) is 66.0 Å². The van der Waals surface area contributed by atoms with Crippen LogP contribution in [-0.4, -0.2) is 70.6 Å². The normalized spacial score (nSPS) is 18.0. The van der Waals surface area contributed by atoms with Crippen molar-refractivity contribution in [2.24, 2.45) is 0 Å². The number of carbonyl (C=O) groups is 3. The quantitative estimate of drug-likeness (QED) is 0.359. The Labute approximate surface area is 201 Å². The summed E-state index contributed by atoms with van der Waals surface area (Å²) in [4.78, 5) is 39.7. The zero-order valence-corrected chi connectivity index (χ0v) is 20.1. The molecule has 1 aliphatic rings. The molecule has 2 heterocycles. The number of ketones is 1. The minimum absolute atomic E-state index is 0.238. The molecule has 1 aromatic heterocycles. The van der Waals surface area contributed by atoms with Crippen molar-refractivity contribution in [1.82, 2.24) is 30.4 Å². The average Bonchev–Trinajstić information content (AvgIpc) is 3.43. The van der Waals surface area contributed by atoms with Crippen LogP contribution in [0.4, 0.5) is 10.5 Å². The predicted molar refractivity (Wildman–Crippen MR) is 125 cm³/mol. The van der Waals surface area contributed by atoms with Gasteiger partial charge in [-0.05, 0) is 66.2 Å². The van der Waals surface area contributed by atoms with Crippen LogP contribution in [0, 0.1) is 0 Å². The van der Waals surface area contributed by atoms with Gasteiger partial charge in [-0.1, -0.05) is 12.1 Å². The van der Waals surface area contributed by atoms with Crippen LogP contribution in [0.5, 0.6) is 0 Å². The Hall–Kier alpha value is -4.13. The van der Waals surface area contributed by atoms with Crippen LogP contribution in [-0.2, 0) is 20.4 Å². The van der Waals surface area contributed by atoms with Crippen LogP contribution < -0.4 is 9.62 Å². The molecule has 1 aliphatic heterocycles. The summed E-state index contributed by atoms with van der Waals surface area (Å²) >= 11 is 0. The zero-order chi connectivity index (χ0) is 25.4. The highest BCUT2D eigenvalue weighted by atomic mass is 32.2. The highest BCUT2D eigenvalue weighted by molar-refractivity contribution is 7.92. The second-order valence-electron chi connectivity index (χ2n) is 8.15. The molecular formula is C22H23N7O5S. The second-order valence-corrected chi connectivity index (χ2v) is 10.1. The van der Waals surface area contributed by atoms with Crippen LogP contribution in [0.15, 0.2) is 54.9 Å². The van der Waals surface area contributed by atoms with E-state index in [1.54, 1.807) is 38.1 Å². The number of imide groups is 1. The number of carbonyl (C=O) groups excluding carboxylic acids is 3. The van der Waals surface area contributed by atoms with Crippen molar-refractivity contribution in [3.63, 3.8) is 0 Å². The smallest absolute Gasteiger partial charge is 0.319 e. The minimum Gasteiger partial charge on any atom is -0.319 e. The number of amides is 3. The Bertz CT molecular complexity index is 1390. The zero-order valence-electron chi connectivity index (χ0n) is 19.2. The number of urea groups is 1. The van der Waals surface area contributed by atoms with E-state index in [1.165, 1.54) is 39.6 Å². The van der Waals surface area contributed by atoms with Crippen LogP contribution in [0.25, 0.3) is 5.69 Å². The highest BCUT2D eigenvalue weighted by Gasteiger charge is 2.49. The first-order chi connectivity index (χ1) is 16.5. The molecule has 3 aromatic rings. The summed E-state index contributed by atoms with van der Waals surface area (Å²) in [6, 6.07) is 12.1. The number of nitrogens with one attached hydrogen (secondary N) is 1. The van der Waals surface area contributed by atoms with E-state index in [9.17, 15) is 22.8 Å². The fraction of sp³-hybridized carbons (Fsp3) is 0.273. The van der Waals surface area contributed by atoms with E-state index in [0.29, 0.717) is 16.9 Å². The molecule has 13 heteroatoms. The molecule has 0 unspecified atom stereocenters. The Morgan fingerprint density at radius 2 is 1.86 bits per heavy atom. The number of Topliss-reactive ketones (excluding diaryl/α,β-unsaturated/α-hetero) is 1. The first kappa shape index (κ1) is 24.0. The standard InChI is InChI=1S/C22H23N7O5S/c1-4-29(35(3,33)34)17-10-8-15(9-11-17)19(30)13-27-20(31)22(2,24-21(27)32)16-6-5-7-18(12-16)28-14-23-25-26-28/h5-12,14H,4,13H2,1-3H3,(H,24,32)/t22-/m1/s1. The van der Waals surface area contributed by atoms with Crippen molar-refractivity contribution in [1.29, 1.82) is 0 Å². The van der Waals surface area contributed by atoms with Crippen molar-refractivity contribution in [3.8, 4) is 5.69 Å². The van der Waals surface area contributed by atoms with Gasteiger partial charge in [0, 0.05) is 12.1 Å². The SMILES string of the molecule is CCN(c1ccc(C(=O)CN2C(=O)N[C@](C)(c3cccc(-n4cnnn4)c3)C2=O)cc1)S(C)(=O)=O. The van der Waals surface area contributed by atoms with E-state index in [2.05, 4.69) is 20.8 Å². The molecule has 0 radical (unpaired) electrons. The molecule has 12 nitrogen and oxygen atoms in total. The minimum atomic E-state index is -3.46. The molecule has 0 saturated carbocycles. The number of nitrogens with zero attached hydrogens (tertiary/aromatic N) is 6. The summed E-state index contributed by atoms with van der Waals surface area (Å²) in [5.74, 6) is -1.04. The predicted octanol–water partition coefficient (Wildman–Crippen LogP) is 1.10. The third-order valence-electron chi connectivity index (χ3n) is 5.78. The number of sulfonamides is 1. The Morgan fingerprint density at radius 3 is 2.46 bits per heavy atom. The summed E-state index contributed by atoms with van der Waals surface area (Å²) in [6.07, 6.45) is 2.51. The van der Waals surface area contributed by atoms with Gasteiger partial charge in [0.2, 0.25) is 10.0 Å². The number of tetrazole rings is 1. The molecular weight excluding hydrogens is 474 g/mol. The molecule has 182 valence electrons. The molecule has 2 aromatic carbocycles.